The van der Waals surface area contributed by atoms with Gasteiger partial charge in [0.25, 0.3) is 0 Å². The Morgan fingerprint density at radius 1 is 1.43 bits per heavy atom. The largest absolute Gasteiger partial charge is 0.389 e. The van der Waals surface area contributed by atoms with Crippen LogP contribution in [0.25, 0.3) is 10.4 Å². The SMILES string of the molecule is CO[C@H]1O[C@H](C)[C@@H](N=[N+]=[N-])[C@@H](O)[C@]1(O)Cc1ccccc1. The minimum atomic E-state index is -1.69. The van der Waals surface area contributed by atoms with Gasteiger partial charge in [0.15, 0.2) is 6.29 Å². The molecular weight excluding hydrogens is 274 g/mol. The Hall–Kier alpha value is -1.63. The van der Waals surface area contributed by atoms with Gasteiger partial charge in [0.05, 0.1) is 18.2 Å². The number of azide groups is 1. The average Bonchev–Trinajstić information content (AvgIpc) is 2.49. The van der Waals surface area contributed by atoms with E-state index in [1.165, 1.54) is 7.11 Å². The summed E-state index contributed by atoms with van der Waals surface area (Å²) in [6.07, 6.45) is -2.73. The number of aliphatic hydroxyl groups excluding tert-OH is 1. The number of benzene rings is 1. The molecule has 0 aromatic heterocycles. The van der Waals surface area contributed by atoms with Gasteiger partial charge < -0.3 is 19.7 Å². The normalized spacial score (nSPS) is 36.0. The lowest BCUT2D eigenvalue weighted by molar-refractivity contribution is -0.307. The highest BCUT2D eigenvalue weighted by atomic mass is 16.7. The van der Waals surface area contributed by atoms with Gasteiger partial charge in [-0.25, -0.2) is 0 Å². The molecule has 5 atom stereocenters. The van der Waals surface area contributed by atoms with Crippen molar-refractivity contribution >= 4 is 0 Å². The first kappa shape index (κ1) is 15.8. The van der Waals surface area contributed by atoms with Crippen molar-refractivity contribution in [2.24, 2.45) is 5.11 Å². The topological polar surface area (TPSA) is 108 Å². The van der Waals surface area contributed by atoms with E-state index < -0.39 is 30.1 Å². The zero-order chi connectivity index (χ0) is 15.5. The fourth-order valence-electron chi connectivity index (χ4n) is 2.67. The number of methoxy groups -OCH3 is 1. The highest BCUT2D eigenvalue weighted by Gasteiger charge is 2.54. The summed E-state index contributed by atoms with van der Waals surface area (Å²) in [6.45, 7) is 1.66. The van der Waals surface area contributed by atoms with Crippen molar-refractivity contribution in [2.45, 2.75) is 43.5 Å². The summed E-state index contributed by atoms with van der Waals surface area (Å²) in [4.78, 5) is 2.72. The molecule has 0 bridgehead atoms. The van der Waals surface area contributed by atoms with Gasteiger partial charge in [-0.1, -0.05) is 35.4 Å². The molecule has 1 aliphatic rings. The molecule has 1 aromatic rings. The third kappa shape index (κ3) is 3.02. The molecule has 0 spiro atoms. The maximum atomic E-state index is 10.9. The number of ether oxygens (including phenoxy) is 2. The summed E-state index contributed by atoms with van der Waals surface area (Å²) in [7, 11) is 1.40. The second kappa shape index (κ2) is 6.43. The molecule has 1 aromatic carbocycles. The third-order valence-electron chi connectivity index (χ3n) is 3.79. The average molecular weight is 293 g/mol. The van der Waals surface area contributed by atoms with Crippen molar-refractivity contribution in [1.82, 2.24) is 0 Å². The van der Waals surface area contributed by atoms with Crippen molar-refractivity contribution in [3.8, 4) is 0 Å². The molecule has 2 rings (SSSR count). The lowest BCUT2D eigenvalue weighted by Gasteiger charge is -2.47. The molecule has 114 valence electrons. The van der Waals surface area contributed by atoms with Gasteiger partial charge in [0.2, 0.25) is 0 Å². The molecule has 0 unspecified atom stereocenters. The van der Waals surface area contributed by atoms with E-state index in [-0.39, 0.29) is 6.42 Å². The van der Waals surface area contributed by atoms with Crippen LogP contribution in [-0.4, -0.2) is 47.5 Å². The predicted octanol–water partition coefficient (Wildman–Crippen LogP) is 1.39. The summed E-state index contributed by atoms with van der Waals surface area (Å²) >= 11 is 0. The highest BCUT2D eigenvalue weighted by molar-refractivity contribution is 5.19. The van der Waals surface area contributed by atoms with E-state index in [2.05, 4.69) is 10.0 Å². The van der Waals surface area contributed by atoms with Crippen molar-refractivity contribution in [2.75, 3.05) is 7.11 Å². The van der Waals surface area contributed by atoms with Crippen LogP contribution >= 0.6 is 0 Å². The van der Waals surface area contributed by atoms with Crippen LogP contribution in [0.4, 0.5) is 0 Å². The molecular formula is C14H19N3O4. The number of hydrogen-bond acceptors (Lipinski definition) is 5. The molecule has 1 fully saturated rings. The van der Waals surface area contributed by atoms with E-state index in [1.807, 2.05) is 30.3 Å². The Bertz CT molecular complexity index is 520. The molecule has 7 heteroatoms. The summed E-state index contributed by atoms with van der Waals surface area (Å²) in [6, 6.07) is 8.32. The summed E-state index contributed by atoms with van der Waals surface area (Å²) < 4.78 is 10.7. The molecule has 21 heavy (non-hydrogen) atoms. The summed E-state index contributed by atoms with van der Waals surface area (Å²) in [5, 5.41) is 24.9. The molecule has 2 N–H and O–H groups in total. The van der Waals surface area contributed by atoms with Crippen LogP contribution in [0.2, 0.25) is 0 Å². The lowest BCUT2D eigenvalue weighted by atomic mass is 9.81. The fraction of sp³-hybridized carbons (Fsp3) is 0.571. The van der Waals surface area contributed by atoms with Crippen LogP contribution in [0.3, 0.4) is 0 Å². The van der Waals surface area contributed by atoms with E-state index in [0.717, 1.165) is 5.56 Å². The number of aliphatic hydroxyl groups is 2. The van der Waals surface area contributed by atoms with Gasteiger partial charge in [-0.15, -0.1) is 0 Å². The number of hydrogen-bond donors (Lipinski definition) is 2. The van der Waals surface area contributed by atoms with E-state index >= 15 is 0 Å². The summed E-state index contributed by atoms with van der Waals surface area (Å²) in [5.74, 6) is 0. The van der Waals surface area contributed by atoms with Crippen molar-refractivity contribution in [3.05, 3.63) is 46.3 Å². The van der Waals surface area contributed by atoms with Crippen molar-refractivity contribution < 1.29 is 19.7 Å². The Morgan fingerprint density at radius 2 is 2.10 bits per heavy atom. The van der Waals surface area contributed by atoms with Gasteiger partial charge in [0, 0.05) is 18.4 Å². The second-order valence-electron chi connectivity index (χ2n) is 5.20. The minimum absolute atomic E-state index is 0.123. The van der Waals surface area contributed by atoms with E-state index in [4.69, 9.17) is 15.0 Å². The lowest BCUT2D eigenvalue weighted by Crippen LogP contribution is -2.66. The predicted molar refractivity (Wildman–Crippen MR) is 75.4 cm³/mol. The van der Waals surface area contributed by atoms with Crippen LogP contribution in [-0.2, 0) is 15.9 Å². The standard InChI is InChI=1S/C14H19N3O4/c1-9-11(16-17-15)12(18)14(19,13(20-2)21-9)8-10-6-4-3-5-7-10/h3-7,9,11-13,18-19H,8H2,1-2H3/t9-,11-,12-,13+,14-/m1/s1. The monoisotopic (exact) mass is 293 g/mol. The van der Waals surface area contributed by atoms with E-state index in [9.17, 15) is 10.2 Å². The fourth-order valence-corrected chi connectivity index (χ4v) is 2.67. The van der Waals surface area contributed by atoms with Crippen LogP contribution in [0.15, 0.2) is 35.4 Å². The van der Waals surface area contributed by atoms with Gasteiger partial charge in [-0.05, 0) is 18.0 Å². The van der Waals surface area contributed by atoms with Gasteiger partial charge in [0.1, 0.15) is 5.60 Å². The zero-order valence-corrected chi connectivity index (χ0v) is 12.0. The number of rotatable bonds is 4. The Balaban J connectivity index is 2.33. The van der Waals surface area contributed by atoms with E-state index in [0.29, 0.717) is 0 Å². The van der Waals surface area contributed by atoms with Crippen LogP contribution in [0.1, 0.15) is 12.5 Å². The smallest absolute Gasteiger partial charge is 0.189 e. The molecule has 1 saturated heterocycles. The molecule has 0 radical (unpaired) electrons. The van der Waals surface area contributed by atoms with Gasteiger partial charge >= 0.3 is 0 Å². The van der Waals surface area contributed by atoms with Gasteiger partial charge in [-0.2, -0.15) is 0 Å². The van der Waals surface area contributed by atoms with Crippen LogP contribution < -0.4 is 0 Å². The molecule has 0 amide bonds. The van der Waals surface area contributed by atoms with Crippen molar-refractivity contribution in [1.29, 1.82) is 0 Å². The first-order valence-corrected chi connectivity index (χ1v) is 6.69. The van der Waals surface area contributed by atoms with E-state index in [1.54, 1.807) is 6.92 Å². The molecule has 1 aliphatic heterocycles. The second-order valence-corrected chi connectivity index (χ2v) is 5.20. The first-order valence-electron chi connectivity index (χ1n) is 6.69. The quantitative estimate of drug-likeness (QED) is 0.497. The Kier molecular flexibility index (Phi) is 4.82. The molecule has 7 nitrogen and oxygen atoms in total. The molecule has 0 aliphatic carbocycles. The highest BCUT2D eigenvalue weighted by Crippen LogP contribution is 2.34. The molecule has 1 heterocycles. The van der Waals surface area contributed by atoms with Gasteiger partial charge in [-0.3, -0.25) is 0 Å². The molecule has 0 saturated carbocycles. The number of nitrogens with zero attached hydrogens (tertiary/aromatic N) is 3. The third-order valence-corrected chi connectivity index (χ3v) is 3.79. The summed E-state index contributed by atoms with van der Waals surface area (Å²) in [5.41, 5.74) is 7.74. The maximum Gasteiger partial charge on any atom is 0.189 e. The van der Waals surface area contributed by atoms with Crippen molar-refractivity contribution in [3.63, 3.8) is 0 Å². The Labute approximate surface area is 122 Å². The Morgan fingerprint density at radius 3 is 2.67 bits per heavy atom. The minimum Gasteiger partial charge on any atom is -0.389 e. The zero-order valence-electron chi connectivity index (χ0n) is 12.0. The first-order chi connectivity index (χ1) is 10.0. The van der Waals surface area contributed by atoms with Crippen LogP contribution in [0, 0.1) is 0 Å². The maximum absolute atomic E-state index is 10.9. The van der Waals surface area contributed by atoms with Crippen LogP contribution in [0.5, 0.6) is 0 Å².